The van der Waals surface area contributed by atoms with Crippen LogP contribution < -0.4 is 0 Å². The van der Waals surface area contributed by atoms with Crippen LogP contribution in [0.2, 0.25) is 5.02 Å². The number of benzene rings is 3. The molecule has 0 radical (unpaired) electrons. The molecule has 0 N–H and O–H groups in total. The second kappa shape index (κ2) is 8.79. The predicted molar refractivity (Wildman–Crippen MR) is 123 cm³/mol. The molecule has 0 aliphatic heterocycles. The number of carbonyl (C=O) groups excluding carboxylic acids is 1. The second-order valence-electron chi connectivity index (χ2n) is 8.07. The summed E-state index contributed by atoms with van der Waals surface area (Å²) >= 11 is 6.13. The maximum Gasteiger partial charge on any atom is 0.317 e. The van der Waals surface area contributed by atoms with Gasteiger partial charge in [0.2, 0.25) is 0 Å². The highest BCUT2D eigenvalue weighted by molar-refractivity contribution is 6.30. The minimum atomic E-state index is -0.701. The number of rotatable bonds is 7. The van der Waals surface area contributed by atoms with E-state index in [1.54, 1.807) is 0 Å². The quantitative estimate of drug-likeness (QED) is 0.477. The van der Waals surface area contributed by atoms with Gasteiger partial charge in [0, 0.05) is 11.6 Å². The number of nitrogens with zero attached hydrogens (tertiary/aromatic N) is 1. The smallest absolute Gasteiger partial charge is 0.317 e. The van der Waals surface area contributed by atoms with E-state index in [1.165, 1.54) is 21.9 Å². The Morgan fingerprint density at radius 3 is 2.07 bits per heavy atom. The maximum atomic E-state index is 13.5. The number of hydrogen-bond donors (Lipinski definition) is 0. The van der Waals surface area contributed by atoms with Crippen molar-refractivity contribution >= 4 is 28.3 Å². The zero-order chi connectivity index (χ0) is 21.1. The SMILES string of the molecule is CCN(CC)CCOC(=O)C1(c2ccc(Cl)cc2)Cc2cc3ccccc3cc2C1. The number of carbonyl (C=O) groups is 1. The fourth-order valence-electron chi connectivity index (χ4n) is 4.56. The third-order valence-corrected chi connectivity index (χ3v) is 6.63. The standard InChI is InChI=1S/C26H28ClNO2/c1-3-28(4-2)13-14-30-25(29)26(23-9-11-24(27)12-10-23)17-21-15-19-7-5-6-8-20(19)16-22(21)18-26/h5-12,15-16H,3-4,13-14,17-18H2,1-2H3. The van der Waals surface area contributed by atoms with Gasteiger partial charge in [0.25, 0.3) is 0 Å². The van der Waals surface area contributed by atoms with E-state index in [9.17, 15) is 4.79 Å². The van der Waals surface area contributed by atoms with Crippen LogP contribution in [0, 0.1) is 0 Å². The summed E-state index contributed by atoms with van der Waals surface area (Å²) in [7, 11) is 0. The number of halogens is 1. The molecule has 0 atom stereocenters. The third kappa shape index (κ3) is 3.97. The number of esters is 1. The summed E-state index contributed by atoms with van der Waals surface area (Å²) < 4.78 is 5.86. The molecule has 4 heteroatoms. The van der Waals surface area contributed by atoms with Gasteiger partial charge in [-0.3, -0.25) is 4.79 Å². The molecular weight excluding hydrogens is 394 g/mol. The second-order valence-corrected chi connectivity index (χ2v) is 8.51. The third-order valence-electron chi connectivity index (χ3n) is 6.38. The average Bonchev–Trinajstić information content (AvgIpc) is 3.15. The molecule has 3 nitrogen and oxygen atoms in total. The summed E-state index contributed by atoms with van der Waals surface area (Å²) in [5, 5.41) is 3.08. The fourth-order valence-corrected chi connectivity index (χ4v) is 4.68. The minimum Gasteiger partial charge on any atom is -0.464 e. The lowest BCUT2D eigenvalue weighted by atomic mass is 9.77. The first kappa shape index (κ1) is 20.9. The molecule has 0 amide bonds. The first-order valence-corrected chi connectivity index (χ1v) is 11.1. The van der Waals surface area contributed by atoms with Crippen molar-refractivity contribution in [3.8, 4) is 0 Å². The van der Waals surface area contributed by atoms with Crippen LogP contribution in [-0.4, -0.2) is 37.1 Å². The van der Waals surface area contributed by atoms with Gasteiger partial charge in [-0.25, -0.2) is 0 Å². The van der Waals surface area contributed by atoms with E-state index in [0.717, 1.165) is 25.2 Å². The van der Waals surface area contributed by atoms with Crippen LogP contribution >= 0.6 is 11.6 Å². The van der Waals surface area contributed by atoms with Crippen LogP contribution in [0.25, 0.3) is 10.8 Å². The maximum absolute atomic E-state index is 13.5. The molecule has 0 aromatic heterocycles. The zero-order valence-corrected chi connectivity index (χ0v) is 18.4. The van der Waals surface area contributed by atoms with Gasteiger partial charge in [-0.1, -0.05) is 74.0 Å². The van der Waals surface area contributed by atoms with Crippen molar-refractivity contribution in [1.82, 2.24) is 4.90 Å². The Morgan fingerprint density at radius 1 is 0.967 bits per heavy atom. The molecule has 0 spiro atoms. The van der Waals surface area contributed by atoms with Crippen LogP contribution in [0.3, 0.4) is 0 Å². The van der Waals surface area contributed by atoms with E-state index in [0.29, 0.717) is 24.5 Å². The van der Waals surface area contributed by atoms with E-state index >= 15 is 0 Å². The van der Waals surface area contributed by atoms with Gasteiger partial charge in [-0.2, -0.15) is 0 Å². The molecule has 156 valence electrons. The molecule has 0 saturated carbocycles. The normalized spacial score (nSPS) is 14.8. The van der Waals surface area contributed by atoms with E-state index in [-0.39, 0.29) is 5.97 Å². The van der Waals surface area contributed by atoms with E-state index in [1.807, 2.05) is 24.3 Å². The van der Waals surface area contributed by atoms with E-state index in [4.69, 9.17) is 16.3 Å². The Kier molecular flexibility index (Phi) is 6.12. The van der Waals surface area contributed by atoms with Crippen LogP contribution in [0.1, 0.15) is 30.5 Å². The molecule has 0 saturated heterocycles. The Bertz CT molecular complexity index is 996. The van der Waals surface area contributed by atoms with E-state index < -0.39 is 5.41 Å². The lowest BCUT2D eigenvalue weighted by Gasteiger charge is -2.28. The molecule has 3 aromatic rings. The van der Waals surface area contributed by atoms with Crippen LogP contribution in [0.15, 0.2) is 60.7 Å². The Morgan fingerprint density at radius 2 is 1.53 bits per heavy atom. The highest BCUT2D eigenvalue weighted by atomic mass is 35.5. The largest absolute Gasteiger partial charge is 0.464 e. The summed E-state index contributed by atoms with van der Waals surface area (Å²) in [6.45, 7) is 7.32. The Labute approximate surface area is 183 Å². The number of likely N-dealkylation sites (N-methyl/N-ethyl adjacent to an activating group) is 1. The molecular formula is C26H28ClNO2. The summed E-state index contributed by atoms with van der Waals surface area (Å²) in [6, 6.07) is 20.5. The average molecular weight is 422 g/mol. The van der Waals surface area contributed by atoms with Crippen molar-refractivity contribution in [2.24, 2.45) is 0 Å². The minimum absolute atomic E-state index is 0.141. The fraction of sp³-hybridized carbons (Fsp3) is 0.346. The van der Waals surface area contributed by atoms with Crippen molar-refractivity contribution in [1.29, 1.82) is 0 Å². The van der Waals surface area contributed by atoms with Gasteiger partial charge in [-0.05, 0) is 65.5 Å². The zero-order valence-electron chi connectivity index (χ0n) is 17.7. The lowest BCUT2D eigenvalue weighted by Crippen LogP contribution is -2.40. The number of fused-ring (bicyclic) bond motifs is 2. The summed E-state index contributed by atoms with van der Waals surface area (Å²) in [4.78, 5) is 15.8. The van der Waals surface area contributed by atoms with Crippen molar-refractivity contribution in [3.05, 3.63) is 82.4 Å². The van der Waals surface area contributed by atoms with E-state index in [2.05, 4.69) is 55.1 Å². The first-order chi connectivity index (χ1) is 14.6. The molecule has 3 aromatic carbocycles. The molecule has 1 aliphatic carbocycles. The van der Waals surface area contributed by atoms with Gasteiger partial charge < -0.3 is 9.64 Å². The molecule has 0 bridgehead atoms. The molecule has 0 heterocycles. The lowest BCUT2D eigenvalue weighted by molar-refractivity contribution is -0.150. The van der Waals surface area contributed by atoms with Crippen molar-refractivity contribution in [2.45, 2.75) is 32.1 Å². The molecule has 0 fully saturated rings. The van der Waals surface area contributed by atoms with Crippen molar-refractivity contribution in [2.75, 3.05) is 26.2 Å². The summed E-state index contributed by atoms with van der Waals surface area (Å²) in [5.74, 6) is -0.141. The van der Waals surface area contributed by atoms with Crippen LogP contribution in [0.5, 0.6) is 0 Å². The molecule has 4 rings (SSSR count). The van der Waals surface area contributed by atoms with Crippen molar-refractivity contribution in [3.63, 3.8) is 0 Å². The van der Waals surface area contributed by atoms with Gasteiger partial charge in [0.1, 0.15) is 12.0 Å². The summed E-state index contributed by atoms with van der Waals surface area (Å²) in [6.07, 6.45) is 1.30. The molecule has 30 heavy (non-hydrogen) atoms. The van der Waals surface area contributed by atoms with Crippen molar-refractivity contribution < 1.29 is 9.53 Å². The summed E-state index contributed by atoms with van der Waals surface area (Å²) in [5.41, 5.74) is 2.72. The van der Waals surface area contributed by atoms with Gasteiger partial charge >= 0.3 is 5.97 Å². The topological polar surface area (TPSA) is 29.5 Å². The highest BCUT2D eigenvalue weighted by Crippen LogP contribution is 2.42. The van der Waals surface area contributed by atoms with Gasteiger partial charge in [0.05, 0.1) is 0 Å². The van der Waals surface area contributed by atoms with Crippen LogP contribution in [0.4, 0.5) is 0 Å². The highest BCUT2D eigenvalue weighted by Gasteiger charge is 2.46. The van der Waals surface area contributed by atoms with Crippen LogP contribution in [-0.2, 0) is 27.8 Å². The van der Waals surface area contributed by atoms with Gasteiger partial charge in [-0.15, -0.1) is 0 Å². The first-order valence-electron chi connectivity index (χ1n) is 10.7. The van der Waals surface area contributed by atoms with Gasteiger partial charge in [0.15, 0.2) is 0 Å². The Balaban J connectivity index is 1.66. The predicted octanol–water partition coefficient (Wildman–Crippen LogP) is 5.41. The molecule has 1 aliphatic rings. The molecule has 0 unspecified atom stereocenters. The Hall–Kier alpha value is -2.36. The monoisotopic (exact) mass is 421 g/mol. The number of ether oxygens (including phenoxy) is 1. The number of hydrogen-bond acceptors (Lipinski definition) is 3.